The zero-order valence-electron chi connectivity index (χ0n) is 25.4. The highest BCUT2D eigenvalue weighted by Gasteiger charge is 2.33. The molecule has 1 aliphatic carbocycles. The number of ether oxygens (including phenoxy) is 2. The minimum absolute atomic E-state index is 0.0208. The van der Waals surface area contributed by atoms with Crippen LogP contribution < -0.4 is 11.0 Å². The third-order valence-electron chi connectivity index (χ3n) is 9.19. The van der Waals surface area contributed by atoms with Crippen molar-refractivity contribution >= 4 is 17.4 Å². The summed E-state index contributed by atoms with van der Waals surface area (Å²) in [4.78, 5) is 31.1. The zero-order valence-corrected chi connectivity index (χ0v) is 25.4. The van der Waals surface area contributed by atoms with Gasteiger partial charge >= 0.3 is 0 Å². The quantitative estimate of drug-likeness (QED) is 0.296. The number of hydrogen-bond donors (Lipinski definition) is 2. The molecule has 2 N–H and O–H groups in total. The number of carbonyl (C=O) groups is 1. The van der Waals surface area contributed by atoms with Crippen molar-refractivity contribution < 1.29 is 19.4 Å². The van der Waals surface area contributed by atoms with Crippen LogP contribution in [0.1, 0.15) is 73.9 Å². The Labute approximate surface area is 260 Å². The first-order valence-electron chi connectivity index (χ1n) is 15.9. The van der Waals surface area contributed by atoms with Crippen LogP contribution in [-0.2, 0) is 27.1 Å². The van der Waals surface area contributed by atoms with Crippen molar-refractivity contribution in [1.29, 1.82) is 0 Å². The number of hydrogen-bond acceptors (Lipinski definition) is 8. The van der Waals surface area contributed by atoms with Gasteiger partial charge in [-0.3, -0.25) is 14.2 Å². The smallest absolute Gasteiger partial charge is 0.259 e. The van der Waals surface area contributed by atoms with E-state index in [0.717, 1.165) is 60.1 Å². The largest absolute Gasteiger partial charge is 0.388 e. The number of aryl methyl sites for hydroxylation is 1. The van der Waals surface area contributed by atoms with Gasteiger partial charge in [0.25, 0.3) is 5.56 Å². The van der Waals surface area contributed by atoms with Crippen LogP contribution in [0.5, 0.6) is 0 Å². The van der Waals surface area contributed by atoms with Crippen LogP contribution >= 0.6 is 0 Å². The molecule has 7 rings (SSSR count). The summed E-state index contributed by atoms with van der Waals surface area (Å²) in [7, 11) is 0. The molecule has 0 spiro atoms. The third-order valence-corrected chi connectivity index (χ3v) is 9.19. The van der Waals surface area contributed by atoms with Crippen molar-refractivity contribution in [2.45, 2.75) is 82.6 Å². The second-order valence-corrected chi connectivity index (χ2v) is 12.2. The zero-order chi connectivity index (χ0) is 30.9. The van der Waals surface area contributed by atoms with E-state index in [1.165, 1.54) is 6.33 Å². The fourth-order valence-electron chi connectivity index (χ4n) is 6.95. The summed E-state index contributed by atoms with van der Waals surface area (Å²) >= 11 is 0. The van der Waals surface area contributed by atoms with Gasteiger partial charge in [0.05, 0.1) is 37.1 Å². The molecule has 0 radical (unpaired) electrons. The predicted molar refractivity (Wildman–Crippen MR) is 168 cm³/mol. The van der Waals surface area contributed by atoms with Crippen LogP contribution in [-0.4, -0.2) is 67.4 Å². The molecular formula is C34H38N6O5. The fourth-order valence-corrected chi connectivity index (χ4v) is 6.95. The van der Waals surface area contributed by atoms with Crippen LogP contribution in [0.4, 0.5) is 0 Å². The predicted octanol–water partition coefficient (Wildman–Crippen LogP) is 3.59. The Morgan fingerprint density at radius 2 is 1.87 bits per heavy atom. The average Bonchev–Trinajstić information content (AvgIpc) is 3.82. The molecule has 1 saturated heterocycles. The van der Waals surface area contributed by atoms with Gasteiger partial charge in [0, 0.05) is 23.6 Å². The lowest BCUT2D eigenvalue weighted by Gasteiger charge is -2.32. The molecule has 2 aromatic heterocycles. The second-order valence-electron chi connectivity index (χ2n) is 12.2. The highest BCUT2D eigenvalue weighted by Crippen LogP contribution is 2.33. The normalized spacial score (nSPS) is 23.4. The van der Waals surface area contributed by atoms with Gasteiger partial charge in [-0.15, -0.1) is 0 Å². The van der Waals surface area contributed by atoms with E-state index < -0.39 is 6.10 Å². The molecule has 234 valence electrons. The summed E-state index contributed by atoms with van der Waals surface area (Å²) in [5.74, 6) is 0.438. The van der Waals surface area contributed by atoms with Crippen molar-refractivity contribution in [3.63, 3.8) is 0 Å². The van der Waals surface area contributed by atoms with E-state index in [1.807, 2.05) is 39.4 Å². The number of rotatable bonds is 9. The van der Waals surface area contributed by atoms with Crippen molar-refractivity contribution in [2.24, 2.45) is 5.10 Å². The Morgan fingerprint density at radius 1 is 1.04 bits per heavy atom. The first-order valence-corrected chi connectivity index (χ1v) is 15.9. The van der Waals surface area contributed by atoms with Gasteiger partial charge in [-0.1, -0.05) is 55.8 Å². The molecule has 2 fully saturated rings. The molecule has 2 aliphatic heterocycles. The van der Waals surface area contributed by atoms with Gasteiger partial charge in [0.1, 0.15) is 18.5 Å². The monoisotopic (exact) mass is 610 g/mol. The first kappa shape index (κ1) is 29.5. The summed E-state index contributed by atoms with van der Waals surface area (Å²) in [5, 5.41) is 19.0. The SMILES string of the molecule is CCCc1c(Cc2ccc(-c3ccccc3)c(C3=NNC(=O)C3)c2)c(=O)n(C2CCC(O[C@@H]3COC[C@@H]3O)CC2)c2ncnn12. The van der Waals surface area contributed by atoms with Crippen molar-refractivity contribution in [1.82, 2.24) is 24.6 Å². The van der Waals surface area contributed by atoms with Gasteiger partial charge < -0.3 is 14.6 Å². The molecule has 11 heteroatoms. The number of nitrogens with one attached hydrogen (secondary N) is 1. The molecule has 2 atom stereocenters. The Hall–Kier alpha value is -4.19. The Balaban J connectivity index is 1.24. The molecule has 4 heterocycles. The minimum atomic E-state index is -0.589. The lowest BCUT2D eigenvalue weighted by Crippen LogP contribution is -2.37. The van der Waals surface area contributed by atoms with E-state index >= 15 is 0 Å². The molecule has 0 unspecified atom stereocenters. The van der Waals surface area contributed by atoms with E-state index in [-0.39, 0.29) is 36.1 Å². The summed E-state index contributed by atoms with van der Waals surface area (Å²) in [6.07, 6.45) is 5.93. The van der Waals surface area contributed by atoms with Crippen molar-refractivity contribution in [3.8, 4) is 11.1 Å². The fraction of sp³-hybridized carbons (Fsp3) is 0.441. The van der Waals surface area contributed by atoms with E-state index in [4.69, 9.17) is 9.47 Å². The van der Waals surface area contributed by atoms with Gasteiger partial charge in [0.2, 0.25) is 11.7 Å². The average molecular weight is 611 g/mol. The third kappa shape index (κ3) is 5.83. The molecule has 1 saturated carbocycles. The maximum Gasteiger partial charge on any atom is 0.259 e. The number of fused-ring (bicyclic) bond motifs is 1. The lowest BCUT2D eigenvalue weighted by atomic mass is 9.91. The number of carbonyl (C=O) groups excluding carboxylic acids is 1. The number of nitrogens with zero attached hydrogens (tertiary/aromatic N) is 5. The molecular weight excluding hydrogens is 572 g/mol. The van der Waals surface area contributed by atoms with Gasteiger partial charge in [-0.05, 0) is 54.9 Å². The van der Waals surface area contributed by atoms with Crippen LogP contribution in [0.3, 0.4) is 0 Å². The Bertz CT molecular complexity index is 1790. The molecule has 4 aromatic rings. The lowest BCUT2D eigenvalue weighted by molar-refractivity contribution is -0.119. The van der Waals surface area contributed by atoms with Crippen molar-refractivity contribution in [3.05, 3.63) is 87.6 Å². The molecule has 3 aliphatic rings. The minimum Gasteiger partial charge on any atom is -0.388 e. The standard InChI is InChI=1S/C34H38N6O5/c1-2-6-29-27(16-21-9-14-25(22-7-4-3-5-8-22)26(15-21)28-17-32(42)38-37-28)33(43)39(34-35-20-36-40(29)34)23-10-12-24(13-11-23)45-31-19-44-18-30(31)41/h3-5,7-9,14-15,20,23-24,30-31,41H,2,6,10-13,16-19H2,1H3,(H,38,42)/t23?,24?,30-,31+/m0/s1. The van der Waals surface area contributed by atoms with Crippen molar-refractivity contribution in [2.75, 3.05) is 13.2 Å². The van der Waals surface area contributed by atoms with Crippen LogP contribution in [0.25, 0.3) is 16.9 Å². The maximum absolute atomic E-state index is 14.5. The number of aromatic nitrogens is 4. The maximum atomic E-state index is 14.5. The molecule has 0 bridgehead atoms. The van der Waals surface area contributed by atoms with E-state index in [2.05, 4.69) is 45.7 Å². The van der Waals surface area contributed by atoms with Gasteiger partial charge in [-0.2, -0.15) is 15.2 Å². The molecule has 2 aromatic carbocycles. The van der Waals surface area contributed by atoms with Gasteiger partial charge in [-0.25, -0.2) is 9.94 Å². The number of aliphatic hydroxyl groups is 1. The summed E-state index contributed by atoms with van der Waals surface area (Å²) < 4.78 is 15.2. The number of benzene rings is 2. The van der Waals surface area contributed by atoms with Gasteiger partial charge in [0.15, 0.2) is 0 Å². The van der Waals surface area contributed by atoms with E-state index in [1.54, 1.807) is 0 Å². The Kier molecular flexibility index (Phi) is 8.31. The number of hydrazone groups is 1. The summed E-state index contributed by atoms with van der Waals surface area (Å²) in [6.45, 7) is 2.82. The highest BCUT2D eigenvalue weighted by atomic mass is 16.6. The Morgan fingerprint density at radius 3 is 2.58 bits per heavy atom. The van der Waals surface area contributed by atoms with Crippen LogP contribution in [0.2, 0.25) is 0 Å². The van der Waals surface area contributed by atoms with E-state index in [9.17, 15) is 14.7 Å². The number of aliphatic hydroxyl groups excluding tert-OH is 1. The number of amides is 1. The van der Waals surface area contributed by atoms with E-state index in [0.29, 0.717) is 43.1 Å². The molecule has 11 nitrogen and oxygen atoms in total. The topological polar surface area (TPSA) is 132 Å². The molecule has 1 amide bonds. The first-order chi connectivity index (χ1) is 22.0. The summed E-state index contributed by atoms with van der Waals surface area (Å²) in [6, 6.07) is 16.2. The van der Waals surface area contributed by atoms with Crippen LogP contribution in [0.15, 0.2) is 64.8 Å². The molecule has 45 heavy (non-hydrogen) atoms. The second kappa shape index (κ2) is 12.7. The summed E-state index contributed by atoms with van der Waals surface area (Å²) in [5.41, 5.74) is 8.69. The highest BCUT2D eigenvalue weighted by molar-refractivity contribution is 6.16. The van der Waals surface area contributed by atoms with Crippen LogP contribution in [0, 0.1) is 0 Å².